The summed E-state index contributed by atoms with van der Waals surface area (Å²) in [5, 5.41) is 11.4. The van der Waals surface area contributed by atoms with E-state index in [1.807, 2.05) is 24.3 Å². The molecule has 0 unspecified atom stereocenters. The summed E-state index contributed by atoms with van der Waals surface area (Å²) in [7, 11) is 0. The van der Waals surface area contributed by atoms with Gasteiger partial charge in [-0.3, -0.25) is 4.79 Å². The number of rotatable bonds is 8. The zero-order valence-electron chi connectivity index (χ0n) is 11.7. The number of nitrogens with one attached hydrogen (secondary N) is 1. The van der Waals surface area contributed by atoms with E-state index in [4.69, 9.17) is 9.84 Å². The number of carbonyl (C=O) groups excluding carboxylic acids is 1. The van der Waals surface area contributed by atoms with Crippen LogP contribution in [0, 0.1) is 0 Å². The van der Waals surface area contributed by atoms with Gasteiger partial charge < -0.3 is 15.2 Å². The van der Waals surface area contributed by atoms with Crippen molar-refractivity contribution >= 4 is 5.91 Å². The molecule has 0 fully saturated rings. The molecular formula is C15H23NO3. The molecule has 106 valence electrons. The van der Waals surface area contributed by atoms with Gasteiger partial charge in [0.2, 0.25) is 0 Å². The van der Waals surface area contributed by atoms with Crippen LogP contribution in [0.4, 0.5) is 0 Å². The van der Waals surface area contributed by atoms with E-state index in [1.54, 1.807) is 0 Å². The van der Waals surface area contributed by atoms with Crippen LogP contribution in [-0.2, 0) is 4.74 Å². The van der Waals surface area contributed by atoms with Crippen LogP contribution < -0.4 is 5.32 Å². The molecular weight excluding hydrogens is 242 g/mol. The second-order valence-corrected chi connectivity index (χ2v) is 4.72. The lowest BCUT2D eigenvalue weighted by molar-refractivity contribution is 0.0867. The fourth-order valence-corrected chi connectivity index (χ4v) is 1.66. The van der Waals surface area contributed by atoms with Gasteiger partial charge >= 0.3 is 0 Å². The largest absolute Gasteiger partial charge is 0.394 e. The maximum absolute atomic E-state index is 11.8. The van der Waals surface area contributed by atoms with Crippen molar-refractivity contribution < 1.29 is 14.6 Å². The standard InChI is InChI=1S/C15H23NO3/c1-12(2)13-4-6-14(7-5-13)15(18)16-8-3-10-19-11-9-17/h4-7,12,17H,3,8-11H2,1-2H3,(H,16,18). The normalized spacial score (nSPS) is 10.7. The van der Waals surface area contributed by atoms with Crippen molar-refractivity contribution in [2.24, 2.45) is 0 Å². The molecule has 1 aromatic carbocycles. The molecule has 0 atom stereocenters. The summed E-state index contributed by atoms with van der Waals surface area (Å²) in [6, 6.07) is 7.69. The van der Waals surface area contributed by atoms with Crippen molar-refractivity contribution in [3.8, 4) is 0 Å². The van der Waals surface area contributed by atoms with E-state index >= 15 is 0 Å². The maximum atomic E-state index is 11.8. The van der Waals surface area contributed by atoms with E-state index in [-0.39, 0.29) is 12.5 Å². The SMILES string of the molecule is CC(C)c1ccc(C(=O)NCCCOCCO)cc1. The minimum atomic E-state index is -0.0579. The third-order valence-electron chi connectivity index (χ3n) is 2.83. The average Bonchev–Trinajstić information content (AvgIpc) is 2.42. The Hall–Kier alpha value is -1.39. The Balaban J connectivity index is 2.29. The molecule has 0 aliphatic carbocycles. The lowest BCUT2D eigenvalue weighted by atomic mass is 10.0. The first-order valence-corrected chi connectivity index (χ1v) is 6.72. The van der Waals surface area contributed by atoms with Gasteiger partial charge in [0.25, 0.3) is 5.91 Å². The molecule has 0 aliphatic heterocycles. The molecule has 2 N–H and O–H groups in total. The molecule has 0 radical (unpaired) electrons. The van der Waals surface area contributed by atoms with Gasteiger partial charge in [-0.2, -0.15) is 0 Å². The molecule has 0 heterocycles. The predicted octanol–water partition coefficient (Wildman–Crippen LogP) is 1.94. The number of aliphatic hydroxyl groups excluding tert-OH is 1. The third kappa shape index (κ3) is 5.85. The summed E-state index contributed by atoms with van der Waals surface area (Å²) in [6.07, 6.45) is 0.746. The van der Waals surface area contributed by atoms with Crippen molar-refractivity contribution in [2.45, 2.75) is 26.2 Å². The Morgan fingerprint density at radius 3 is 2.53 bits per heavy atom. The fraction of sp³-hybridized carbons (Fsp3) is 0.533. The quantitative estimate of drug-likeness (QED) is 0.706. The van der Waals surface area contributed by atoms with E-state index < -0.39 is 0 Å². The van der Waals surface area contributed by atoms with E-state index in [1.165, 1.54) is 5.56 Å². The van der Waals surface area contributed by atoms with Gasteiger partial charge in [0.05, 0.1) is 13.2 Å². The lowest BCUT2D eigenvalue weighted by Gasteiger charge is -2.08. The van der Waals surface area contributed by atoms with Crippen LogP contribution in [0.2, 0.25) is 0 Å². The topological polar surface area (TPSA) is 58.6 Å². The molecule has 4 heteroatoms. The summed E-state index contributed by atoms with van der Waals surface area (Å²) in [6.45, 7) is 5.77. The Kier molecular flexibility index (Phi) is 7.15. The van der Waals surface area contributed by atoms with Gasteiger partial charge in [-0.25, -0.2) is 0 Å². The van der Waals surface area contributed by atoms with E-state index in [9.17, 15) is 4.79 Å². The molecule has 19 heavy (non-hydrogen) atoms. The van der Waals surface area contributed by atoms with E-state index in [0.717, 1.165) is 6.42 Å². The van der Waals surface area contributed by atoms with Crippen LogP contribution in [-0.4, -0.2) is 37.4 Å². The second-order valence-electron chi connectivity index (χ2n) is 4.72. The molecule has 1 rings (SSSR count). The number of hydrogen-bond donors (Lipinski definition) is 2. The molecule has 0 aliphatic rings. The van der Waals surface area contributed by atoms with Gasteiger partial charge in [-0.15, -0.1) is 0 Å². The average molecular weight is 265 g/mol. The summed E-state index contributed by atoms with van der Waals surface area (Å²) >= 11 is 0. The first kappa shape index (κ1) is 15.7. The summed E-state index contributed by atoms with van der Waals surface area (Å²) in [5.41, 5.74) is 1.91. The first-order valence-electron chi connectivity index (χ1n) is 6.72. The highest BCUT2D eigenvalue weighted by molar-refractivity contribution is 5.94. The van der Waals surface area contributed by atoms with E-state index in [2.05, 4.69) is 19.2 Å². The Morgan fingerprint density at radius 2 is 1.95 bits per heavy atom. The number of aliphatic hydroxyl groups is 1. The maximum Gasteiger partial charge on any atom is 0.251 e. The Morgan fingerprint density at radius 1 is 1.26 bits per heavy atom. The van der Waals surface area contributed by atoms with Gasteiger partial charge in [0, 0.05) is 18.7 Å². The number of hydrogen-bond acceptors (Lipinski definition) is 3. The van der Waals surface area contributed by atoms with Gasteiger partial charge in [-0.05, 0) is 30.0 Å². The Bertz CT molecular complexity index is 373. The molecule has 0 spiro atoms. The number of ether oxygens (including phenoxy) is 1. The van der Waals surface area contributed by atoms with Gasteiger partial charge in [0.1, 0.15) is 0 Å². The molecule has 1 amide bonds. The molecule has 0 bridgehead atoms. The zero-order chi connectivity index (χ0) is 14.1. The van der Waals surface area contributed by atoms with E-state index in [0.29, 0.717) is 31.2 Å². The predicted molar refractivity (Wildman–Crippen MR) is 75.4 cm³/mol. The third-order valence-corrected chi connectivity index (χ3v) is 2.83. The van der Waals surface area contributed by atoms with Crippen LogP contribution in [0.3, 0.4) is 0 Å². The zero-order valence-corrected chi connectivity index (χ0v) is 11.7. The number of carbonyl (C=O) groups is 1. The van der Waals surface area contributed by atoms with Crippen LogP contribution in [0.5, 0.6) is 0 Å². The fourth-order valence-electron chi connectivity index (χ4n) is 1.66. The monoisotopic (exact) mass is 265 g/mol. The molecule has 0 saturated carbocycles. The number of benzene rings is 1. The highest BCUT2D eigenvalue weighted by Crippen LogP contribution is 2.14. The second kappa shape index (κ2) is 8.67. The molecule has 0 aromatic heterocycles. The summed E-state index contributed by atoms with van der Waals surface area (Å²) in [5.74, 6) is 0.415. The summed E-state index contributed by atoms with van der Waals surface area (Å²) in [4.78, 5) is 11.8. The minimum Gasteiger partial charge on any atom is -0.394 e. The van der Waals surface area contributed by atoms with Crippen molar-refractivity contribution in [2.75, 3.05) is 26.4 Å². The lowest BCUT2D eigenvalue weighted by Crippen LogP contribution is -2.25. The van der Waals surface area contributed by atoms with Crippen LogP contribution >= 0.6 is 0 Å². The first-order chi connectivity index (χ1) is 9.15. The van der Waals surface area contributed by atoms with Crippen molar-refractivity contribution in [3.05, 3.63) is 35.4 Å². The number of amides is 1. The Labute approximate surface area is 114 Å². The summed E-state index contributed by atoms with van der Waals surface area (Å²) < 4.78 is 5.11. The van der Waals surface area contributed by atoms with Crippen LogP contribution in [0.1, 0.15) is 42.1 Å². The van der Waals surface area contributed by atoms with Crippen molar-refractivity contribution in [3.63, 3.8) is 0 Å². The van der Waals surface area contributed by atoms with Crippen LogP contribution in [0.15, 0.2) is 24.3 Å². The molecule has 4 nitrogen and oxygen atoms in total. The smallest absolute Gasteiger partial charge is 0.251 e. The van der Waals surface area contributed by atoms with Crippen LogP contribution in [0.25, 0.3) is 0 Å². The minimum absolute atomic E-state index is 0.0363. The molecule has 1 aromatic rings. The highest BCUT2D eigenvalue weighted by atomic mass is 16.5. The van der Waals surface area contributed by atoms with Crippen molar-refractivity contribution in [1.82, 2.24) is 5.32 Å². The van der Waals surface area contributed by atoms with Crippen molar-refractivity contribution in [1.29, 1.82) is 0 Å². The van der Waals surface area contributed by atoms with Gasteiger partial charge in [-0.1, -0.05) is 26.0 Å². The molecule has 0 saturated heterocycles. The highest BCUT2D eigenvalue weighted by Gasteiger charge is 2.05. The van der Waals surface area contributed by atoms with Gasteiger partial charge in [0.15, 0.2) is 0 Å².